The van der Waals surface area contributed by atoms with E-state index in [0.29, 0.717) is 35.1 Å². The predicted octanol–water partition coefficient (Wildman–Crippen LogP) is 2.39. The van der Waals surface area contributed by atoms with Crippen LogP contribution in [0.3, 0.4) is 0 Å². The van der Waals surface area contributed by atoms with Gasteiger partial charge in [0, 0.05) is 36.8 Å². The second kappa shape index (κ2) is 7.03. The average molecular weight is 348 g/mol. The Balaban J connectivity index is 2.00. The summed E-state index contributed by atoms with van der Waals surface area (Å²) in [4.78, 5) is 31.9. The second-order valence-electron chi connectivity index (χ2n) is 5.57. The number of hydrogen-bond donors (Lipinski definition) is 2. The maximum absolute atomic E-state index is 12.0. The zero-order chi connectivity index (χ0) is 18.7. The van der Waals surface area contributed by atoms with Gasteiger partial charge in [0.2, 0.25) is 11.9 Å². The molecule has 8 nitrogen and oxygen atoms in total. The molecule has 3 aromatic rings. The number of rotatable bonds is 4. The maximum Gasteiger partial charge on any atom is 0.252 e. The number of pyridine rings is 1. The smallest absolute Gasteiger partial charge is 0.252 e. The molecule has 130 valence electrons. The minimum atomic E-state index is -0.271. The number of aromatic nitrogens is 3. The van der Waals surface area contributed by atoms with E-state index in [0.717, 1.165) is 5.39 Å². The van der Waals surface area contributed by atoms with Gasteiger partial charge in [-0.05, 0) is 31.2 Å². The summed E-state index contributed by atoms with van der Waals surface area (Å²) >= 11 is 0. The number of nitriles is 1. The zero-order valence-electron chi connectivity index (χ0n) is 14.3. The van der Waals surface area contributed by atoms with Crippen LogP contribution in [0.15, 0.2) is 41.3 Å². The molecule has 0 unspecified atom stereocenters. The SMILES string of the molecule is CCn1c(=O)ccc2cnc(Nc3ccc(C#N)c(NC(C)=O)c3)nc21. The molecule has 0 aliphatic rings. The number of nitrogens with one attached hydrogen (secondary N) is 2. The fourth-order valence-electron chi connectivity index (χ4n) is 2.58. The summed E-state index contributed by atoms with van der Waals surface area (Å²) in [6.45, 7) is 3.74. The first kappa shape index (κ1) is 17.1. The Kier molecular flexibility index (Phi) is 4.62. The minimum Gasteiger partial charge on any atom is -0.325 e. The molecule has 0 saturated heterocycles. The maximum atomic E-state index is 12.0. The highest BCUT2D eigenvalue weighted by molar-refractivity contribution is 5.91. The van der Waals surface area contributed by atoms with Crippen molar-refractivity contribution in [3.8, 4) is 6.07 Å². The van der Waals surface area contributed by atoms with E-state index >= 15 is 0 Å². The summed E-state index contributed by atoms with van der Waals surface area (Å²) in [5.41, 5.74) is 1.76. The van der Waals surface area contributed by atoms with E-state index in [1.165, 1.54) is 13.0 Å². The topological polar surface area (TPSA) is 113 Å². The van der Waals surface area contributed by atoms with Crippen molar-refractivity contribution in [3.05, 3.63) is 52.4 Å². The standard InChI is InChI=1S/C18H16N6O2/c1-3-24-16(26)7-5-13-10-20-18(23-17(13)24)22-14-6-4-12(9-19)15(8-14)21-11(2)25/h4-8,10H,3H2,1-2H3,(H,21,25)(H,20,22,23). The van der Waals surface area contributed by atoms with Crippen LogP contribution in [0.5, 0.6) is 0 Å². The summed E-state index contributed by atoms with van der Waals surface area (Å²) in [6.07, 6.45) is 1.63. The number of carbonyl (C=O) groups excluding carboxylic acids is 1. The number of aryl methyl sites for hydroxylation is 1. The van der Waals surface area contributed by atoms with E-state index in [4.69, 9.17) is 5.26 Å². The quantitative estimate of drug-likeness (QED) is 0.748. The highest BCUT2D eigenvalue weighted by Crippen LogP contribution is 2.23. The molecule has 2 heterocycles. The number of hydrogen-bond acceptors (Lipinski definition) is 6. The van der Waals surface area contributed by atoms with Gasteiger partial charge in [0.1, 0.15) is 11.7 Å². The molecule has 1 amide bonds. The van der Waals surface area contributed by atoms with Crippen LogP contribution in [0.2, 0.25) is 0 Å². The van der Waals surface area contributed by atoms with Crippen LogP contribution >= 0.6 is 0 Å². The van der Waals surface area contributed by atoms with E-state index < -0.39 is 0 Å². The monoisotopic (exact) mass is 348 g/mol. The summed E-state index contributed by atoms with van der Waals surface area (Å²) in [6, 6.07) is 10.1. The minimum absolute atomic E-state index is 0.129. The number of amides is 1. The van der Waals surface area contributed by atoms with Crippen LogP contribution < -0.4 is 16.2 Å². The van der Waals surface area contributed by atoms with E-state index in [9.17, 15) is 9.59 Å². The molecule has 8 heteroatoms. The van der Waals surface area contributed by atoms with E-state index in [-0.39, 0.29) is 11.5 Å². The number of nitrogens with zero attached hydrogens (tertiary/aromatic N) is 4. The van der Waals surface area contributed by atoms with Crippen molar-refractivity contribution in [2.45, 2.75) is 20.4 Å². The molecule has 0 radical (unpaired) electrons. The van der Waals surface area contributed by atoms with Crippen LogP contribution in [0.1, 0.15) is 19.4 Å². The van der Waals surface area contributed by atoms with E-state index in [2.05, 4.69) is 20.6 Å². The first-order chi connectivity index (χ1) is 12.5. The first-order valence-electron chi connectivity index (χ1n) is 7.97. The number of fused-ring (bicyclic) bond motifs is 1. The van der Waals surface area contributed by atoms with Crippen LogP contribution in [-0.2, 0) is 11.3 Å². The molecule has 0 fully saturated rings. The number of anilines is 3. The van der Waals surface area contributed by atoms with Gasteiger partial charge in [0.05, 0.1) is 11.3 Å². The van der Waals surface area contributed by atoms with Crippen molar-refractivity contribution < 1.29 is 4.79 Å². The van der Waals surface area contributed by atoms with Crippen LogP contribution in [-0.4, -0.2) is 20.4 Å². The van der Waals surface area contributed by atoms with Crippen LogP contribution in [0.4, 0.5) is 17.3 Å². The fraction of sp³-hybridized carbons (Fsp3) is 0.167. The van der Waals surface area contributed by atoms with Crippen LogP contribution in [0, 0.1) is 11.3 Å². The molecule has 0 saturated carbocycles. The molecular weight excluding hydrogens is 332 g/mol. The lowest BCUT2D eigenvalue weighted by atomic mass is 10.1. The average Bonchev–Trinajstić information content (AvgIpc) is 2.61. The highest BCUT2D eigenvalue weighted by atomic mass is 16.1. The van der Waals surface area contributed by atoms with Crippen molar-refractivity contribution in [1.82, 2.24) is 14.5 Å². The Morgan fingerprint density at radius 3 is 2.81 bits per heavy atom. The van der Waals surface area contributed by atoms with Gasteiger partial charge in [0.15, 0.2) is 0 Å². The number of benzene rings is 1. The van der Waals surface area contributed by atoms with Gasteiger partial charge in [0.25, 0.3) is 5.56 Å². The molecule has 0 aliphatic carbocycles. The lowest BCUT2D eigenvalue weighted by molar-refractivity contribution is -0.114. The van der Waals surface area contributed by atoms with Crippen LogP contribution in [0.25, 0.3) is 11.0 Å². The molecule has 0 bridgehead atoms. The Labute approximate surface area is 149 Å². The Hall–Kier alpha value is -3.73. The highest BCUT2D eigenvalue weighted by Gasteiger charge is 2.08. The molecule has 0 spiro atoms. The third-order valence-corrected chi connectivity index (χ3v) is 3.75. The molecule has 3 rings (SSSR count). The van der Waals surface area contributed by atoms with E-state index in [1.54, 1.807) is 35.0 Å². The van der Waals surface area contributed by atoms with Crippen molar-refractivity contribution >= 4 is 34.3 Å². The van der Waals surface area contributed by atoms with Gasteiger partial charge in [-0.1, -0.05) is 0 Å². The summed E-state index contributed by atoms with van der Waals surface area (Å²) in [5.74, 6) is 0.0383. The van der Waals surface area contributed by atoms with Gasteiger partial charge in [-0.15, -0.1) is 0 Å². The third kappa shape index (κ3) is 3.37. The Bertz CT molecular complexity index is 1100. The molecule has 1 aromatic carbocycles. The van der Waals surface area contributed by atoms with Crippen molar-refractivity contribution in [2.75, 3.05) is 10.6 Å². The van der Waals surface area contributed by atoms with Crippen molar-refractivity contribution in [3.63, 3.8) is 0 Å². The molecule has 2 aromatic heterocycles. The fourth-order valence-corrected chi connectivity index (χ4v) is 2.58. The Morgan fingerprint density at radius 2 is 2.12 bits per heavy atom. The second-order valence-corrected chi connectivity index (χ2v) is 5.57. The molecule has 26 heavy (non-hydrogen) atoms. The van der Waals surface area contributed by atoms with Gasteiger partial charge >= 0.3 is 0 Å². The van der Waals surface area contributed by atoms with Gasteiger partial charge in [-0.3, -0.25) is 14.2 Å². The lowest BCUT2D eigenvalue weighted by Crippen LogP contribution is -2.19. The van der Waals surface area contributed by atoms with E-state index in [1.807, 2.05) is 13.0 Å². The third-order valence-electron chi connectivity index (χ3n) is 3.75. The summed E-state index contributed by atoms with van der Waals surface area (Å²) in [7, 11) is 0. The van der Waals surface area contributed by atoms with Gasteiger partial charge in [-0.25, -0.2) is 4.98 Å². The molecular formula is C18H16N6O2. The molecule has 0 atom stereocenters. The van der Waals surface area contributed by atoms with Gasteiger partial charge in [-0.2, -0.15) is 10.2 Å². The number of carbonyl (C=O) groups is 1. The zero-order valence-corrected chi connectivity index (χ0v) is 14.3. The normalized spacial score (nSPS) is 10.3. The largest absolute Gasteiger partial charge is 0.325 e. The molecule has 2 N–H and O–H groups in total. The molecule has 0 aliphatic heterocycles. The Morgan fingerprint density at radius 1 is 1.31 bits per heavy atom. The van der Waals surface area contributed by atoms with Crippen molar-refractivity contribution in [1.29, 1.82) is 5.26 Å². The summed E-state index contributed by atoms with van der Waals surface area (Å²) in [5, 5.41) is 15.5. The predicted molar refractivity (Wildman–Crippen MR) is 98.2 cm³/mol. The van der Waals surface area contributed by atoms with Gasteiger partial charge < -0.3 is 10.6 Å². The van der Waals surface area contributed by atoms with Crippen molar-refractivity contribution in [2.24, 2.45) is 0 Å². The first-order valence-corrected chi connectivity index (χ1v) is 7.97. The lowest BCUT2D eigenvalue weighted by Gasteiger charge is -2.11. The summed E-state index contributed by atoms with van der Waals surface area (Å²) < 4.78 is 1.56.